The maximum Gasteiger partial charge on any atom is 0.125 e. The minimum absolute atomic E-state index is 0.00995. The van der Waals surface area contributed by atoms with Crippen LogP contribution in [0.1, 0.15) is 38.8 Å². The Kier molecular flexibility index (Phi) is 4.35. The number of benzene rings is 1. The van der Waals surface area contributed by atoms with Gasteiger partial charge in [0.1, 0.15) is 5.75 Å². The number of hydrogen-bond donors (Lipinski definition) is 1. The summed E-state index contributed by atoms with van der Waals surface area (Å²) in [5.41, 5.74) is 8.53. The monoisotopic (exact) mass is 262 g/mol. The lowest BCUT2D eigenvalue weighted by atomic mass is 9.95. The van der Waals surface area contributed by atoms with Gasteiger partial charge in [-0.1, -0.05) is 19.9 Å². The van der Waals surface area contributed by atoms with Crippen molar-refractivity contribution in [3.05, 3.63) is 23.8 Å². The second-order valence-electron chi connectivity index (χ2n) is 5.92. The summed E-state index contributed by atoms with van der Waals surface area (Å²) in [6.45, 7) is 8.90. The molecule has 2 N–H and O–H groups in total. The van der Waals surface area contributed by atoms with Crippen molar-refractivity contribution in [2.45, 2.75) is 33.2 Å². The summed E-state index contributed by atoms with van der Waals surface area (Å²) < 4.78 is 5.47. The third-order valence-corrected chi connectivity index (χ3v) is 4.23. The zero-order chi connectivity index (χ0) is 14.0. The summed E-state index contributed by atoms with van der Waals surface area (Å²) in [6.07, 6.45) is 1.27. The first-order chi connectivity index (χ1) is 9.04. The molecule has 1 aliphatic rings. The highest BCUT2D eigenvalue weighted by molar-refractivity contribution is 5.61. The van der Waals surface area contributed by atoms with E-state index in [4.69, 9.17) is 10.5 Å². The number of nitrogens with zero attached hydrogens (tertiary/aromatic N) is 1. The van der Waals surface area contributed by atoms with Crippen LogP contribution >= 0.6 is 0 Å². The number of anilines is 1. The van der Waals surface area contributed by atoms with Crippen molar-refractivity contribution in [2.75, 3.05) is 25.1 Å². The van der Waals surface area contributed by atoms with E-state index in [2.05, 4.69) is 30.9 Å². The molecular formula is C16H26N2O. The van der Waals surface area contributed by atoms with Gasteiger partial charge in [-0.25, -0.2) is 0 Å². The minimum atomic E-state index is -0.00995. The zero-order valence-corrected chi connectivity index (χ0v) is 12.5. The molecule has 1 saturated heterocycles. The van der Waals surface area contributed by atoms with Gasteiger partial charge in [0.15, 0.2) is 0 Å². The first-order valence-corrected chi connectivity index (χ1v) is 7.22. The molecule has 0 spiro atoms. The van der Waals surface area contributed by atoms with Gasteiger partial charge in [-0.05, 0) is 37.3 Å². The Morgan fingerprint density at radius 3 is 2.58 bits per heavy atom. The second-order valence-corrected chi connectivity index (χ2v) is 5.92. The predicted molar refractivity (Wildman–Crippen MR) is 80.8 cm³/mol. The number of nitrogens with two attached hydrogens (primary N) is 1. The average molecular weight is 262 g/mol. The SMILES string of the molecule is COc1cccc(N2CCC(C(C)C)C2)c1C(C)N. The molecule has 2 atom stereocenters. The fourth-order valence-corrected chi connectivity index (χ4v) is 2.99. The molecule has 2 unspecified atom stereocenters. The van der Waals surface area contributed by atoms with E-state index >= 15 is 0 Å². The van der Waals surface area contributed by atoms with Gasteiger partial charge in [0.05, 0.1) is 7.11 Å². The van der Waals surface area contributed by atoms with E-state index in [1.54, 1.807) is 7.11 Å². The quantitative estimate of drug-likeness (QED) is 0.905. The smallest absolute Gasteiger partial charge is 0.125 e. The standard InChI is InChI=1S/C16H26N2O/c1-11(2)13-8-9-18(10-13)14-6-5-7-15(19-4)16(14)12(3)17/h5-7,11-13H,8-10,17H2,1-4H3. The van der Waals surface area contributed by atoms with Crippen LogP contribution in [0.3, 0.4) is 0 Å². The Morgan fingerprint density at radius 1 is 1.32 bits per heavy atom. The molecule has 1 fully saturated rings. The number of hydrogen-bond acceptors (Lipinski definition) is 3. The van der Waals surface area contributed by atoms with Crippen molar-refractivity contribution < 1.29 is 4.74 Å². The Morgan fingerprint density at radius 2 is 2.05 bits per heavy atom. The molecule has 1 aromatic rings. The summed E-state index contributed by atoms with van der Waals surface area (Å²) in [7, 11) is 1.71. The second kappa shape index (κ2) is 5.83. The van der Waals surface area contributed by atoms with E-state index in [9.17, 15) is 0 Å². The summed E-state index contributed by atoms with van der Waals surface area (Å²) in [4.78, 5) is 2.46. The molecule has 1 aliphatic heterocycles. The fraction of sp³-hybridized carbons (Fsp3) is 0.625. The topological polar surface area (TPSA) is 38.5 Å². The lowest BCUT2D eigenvalue weighted by molar-refractivity contribution is 0.406. The average Bonchev–Trinajstić information content (AvgIpc) is 2.87. The van der Waals surface area contributed by atoms with Gasteiger partial charge >= 0.3 is 0 Å². The lowest BCUT2D eigenvalue weighted by Crippen LogP contribution is -2.24. The molecule has 3 nitrogen and oxygen atoms in total. The van der Waals surface area contributed by atoms with Crippen LogP contribution in [0.25, 0.3) is 0 Å². The van der Waals surface area contributed by atoms with Crippen molar-refractivity contribution in [2.24, 2.45) is 17.6 Å². The number of methoxy groups -OCH3 is 1. The van der Waals surface area contributed by atoms with Crippen LogP contribution in [-0.2, 0) is 0 Å². The van der Waals surface area contributed by atoms with Gasteiger partial charge in [0.25, 0.3) is 0 Å². The van der Waals surface area contributed by atoms with E-state index < -0.39 is 0 Å². The molecule has 0 radical (unpaired) electrons. The zero-order valence-electron chi connectivity index (χ0n) is 12.5. The van der Waals surface area contributed by atoms with Gasteiger partial charge in [-0.3, -0.25) is 0 Å². The molecule has 0 aromatic heterocycles. The van der Waals surface area contributed by atoms with Crippen molar-refractivity contribution in [3.63, 3.8) is 0 Å². The third kappa shape index (κ3) is 2.86. The first kappa shape index (κ1) is 14.2. The highest BCUT2D eigenvalue weighted by Gasteiger charge is 2.27. The predicted octanol–water partition coefficient (Wildman–Crippen LogP) is 3.20. The van der Waals surface area contributed by atoms with Crippen LogP contribution in [0.2, 0.25) is 0 Å². The van der Waals surface area contributed by atoms with E-state index in [-0.39, 0.29) is 6.04 Å². The Balaban J connectivity index is 2.30. The highest BCUT2D eigenvalue weighted by Crippen LogP contribution is 2.37. The van der Waals surface area contributed by atoms with Crippen LogP contribution in [-0.4, -0.2) is 20.2 Å². The van der Waals surface area contributed by atoms with E-state index in [0.29, 0.717) is 0 Å². The summed E-state index contributed by atoms with van der Waals surface area (Å²) in [6, 6.07) is 6.22. The molecule has 0 aliphatic carbocycles. The first-order valence-electron chi connectivity index (χ1n) is 7.22. The van der Waals surface area contributed by atoms with Crippen LogP contribution in [0, 0.1) is 11.8 Å². The van der Waals surface area contributed by atoms with E-state index in [1.807, 2.05) is 13.0 Å². The van der Waals surface area contributed by atoms with Gasteiger partial charge in [0, 0.05) is 30.4 Å². The van der Waals surface area contributed by atoms with Crippen molar-refractivity contribution >= 4 is 5.69 Å². The van der Waals surface area contributed by atoms with Crippen molar-refractivity contribution in [1.29, 1.82) is 0 Å². The van der Waals surface area contributed by atoms with Crippen LogP contribution in [0.4, 0.5) is 5.69 Å². The molecule has 1 aromatic carbocycles. The fourth-order valence-electron chi connectivity index (χ4n) is 2.99. The summed E-state index contributed by atoms with van der Waals surface area (Å²) in [5.74, 6) is 2.43. The molecular weight excluding hydrogens is 236 g/mol. The van der Waals surface area contributed by atoms with Gasteiger partial charge in [-0.2, -0.15) is 0 Å². The number of rotatable bonds is 4. The van der Waals surface area contributed by atoms with Gasteiger partial charge < -0.3 is 15.4 Å². The highest BCUT2D eigenvalue weighted by atomic mass is 16.5. The molecule has 106 valence electrons. The van der Waals surface area contributed by atoms with Gasteiger partial charge in [0.2, 0.25) is 0 Å². The largest absolute Gasteiger partial charge is 0.496 e. The lowest BCUT2D eigenvalue weighted by Gasteiger charge is -2.25. The molecule has 0 bridgehead atoms. The maximum atomic E-state index is 6.15. The van der Waals surface area contributed by atoms with Crippen LogP contribution in [0.15, 0.2) is 18.2 Å². The molecule has 19 heavy (non-hydrogen) atoms. The minimum Gasteiger partial charge on any atom is -0.496 e. The van der Waals surface area contributed by atoms with Crippen LogP contribution < -0.4 is 15.4 Å². The van der Waals surface area contributed by atoms with Crippen molar-refractivity contribution in [1.82, 2.24) is 0 Å². The molecule has 0 saturated carbocycles. The van der Waals surface area contributed by atoms with E-state index in [1.165, 1.54) is 12.1 Å². The summed E-state index contributed by atoms with van der Waals surface area (Å²) >= 11 is 0. The summed E-state index contributed by atoms with van der Waals surface area (Å²) in [5, 5.41) is 0. The molecule has 0 amide bonds. The Hall–Kier alpha value is -1.22. The van der Waals surface area contributed by atoms with E-state index in [0.717, 1.165) is 36.2 Å². The normalized spacial score (nSPS) is 20.9. The van der Waals surface area contributed by atoms with Crippen LogP contribution in [0.5, 0.6) is 5.75 Å². The maximum absolute atomic E-state index is 6.15. The van der Waals surface area contributed by atoms with Gasteiger partial charge in [-0.15, -0.1) is 0 Å². The molecule has 3 heteroatoms. The Bertz CT molecular complexity index is 429. The Labute approximate surface area is 116 Å². The molecule has 1 heterocycles. The van der Waals surface area contributed by atoms with Crippen molar-refractivity contribution in [3.8, 4) is 5.75 Å². The third-order valence-electron chi connectivity index (χ3n) is 4.23. The number of ether oxygens (including phenoxy) is 1. The molecule has 2 rings (SSSR count).